The first-order chi connectivity index (χ1) is 17.3. The van der Waals surface area contributed by atoms with Gasteiger partial charge in [0.05, 0.1) is 17.6 Å². The first kappa shape index (κ1) is 24.0. The fourth-order valence-corrected chi connectivity index (χ4v) is 5.64. The van der Waals surface area contributed by atoms with Crippen LogP contribution in [0.4, 0.5) is 0 Å². The van der Waals surface area contributed by atoms with Crippen LogP contribution < -0.4 is 5.32 Å². The highest BCUT2D eigenvalue weighted by Gasteiger charge is 2.28. The van der Waals surface area contributed by atoms with Crippen molar-refractivity contribution in [2.24, 2.45) is 0 Å². The number of pyridine rings is 1. The number of aromatic nitrogens is 4. The standard InChI is InChI=1S/C24H27N7O4S/c1-30-8-10-31(11-9-30)36(34,35)18-3-5-21(27-14-18)22-19-12-16(2-4-20(19)29-24(22)33)23(32)26-7-6-17-13-25-15-28-17/h2-5,12-15,29,33H,6-11H2,1H3,(H,25,28)(H,26,32). The Bertz CT molecular complexity index is 1470. The average molecular weight is 510 g/mol. The number of amides is 1. The van der Waals surface area contributed by atoms with Crippen molar-refractivity contribution in [3.05, 3.63) is 60.3 Å². The van der Waals surface area contributed by atoms with E-state index in [0.717, 1.165) is 5.69 Å². The third kappa shape index (κ3) is 4.70. The number of nitrogens with zero attached hydrogens (tertiary/aromatic N) is 4. The van der Waals surface area contributed by atoms with Crippen LogP contribution >= 0.6 is 0 Å². The van der Waals surface area contributed by atoms with Crippen molar-refractivity contribution in [2.45, 2.75) is 11.3 Å². The molecule has 4 aromatic rings. The molecule has 4 heterocycles. The third-order valence-electron chi connectivity index (χ3n) is 6.37. The molecule has 3 aromatic heterocycles. The summed E-state index contributed by atoms with van der Waals surface area (Å²) in [5.41, 5.74) is 2.79. The fourth-order valence-electron chi connectivity index (χ4n) is 4.27. The van der Waals surface area contributed by atoms with Gasteiger partial charge in [0.1, 0.15) is 4.90 Å². The van der Waals surface area contributed by atoms with Gasteiger partial charge in [-0.15, -0.1) is 0 Å². The quantitative estimate of drug-likeness (QED) is 0.296. The molecule has 0 aliphatic carbocycles. The third-order valence-corrected chi connectivity index (χ3v) is 8.25. The number of likely N-dealkylation sites (N-methyl/N-ethyl adjacent to an activating group) is 1. The summed E-state index contributed by atoms with van der Waals surface area (Å²) >= 11 is 0. The number of rotatable bonds is 7. The first-order valence-electron chi connectivity index (χ1n) is 11.6. The molecule has 1 aliphatic rings. The van der Waals surface area contributed by atoms with E-state index >= 15 is 0 Å². The van der Waals surface area contributed by atoms with Gasteiger partial charge in [-0.05, 0) is 37.4 Å². The van der Waals surface area contributed by atoms with Crippen LogP contribution in [0.15, 0.2) is 53.9 Å². The van der Waals surface area contributed by atoms with Crippen molar-refractivity contribution in [3.8, 4) is 17.1 Å². The zero-order valence-electron chi connectivity index (χ0n) is 19.7. The zero-order chi connectivity index (χ0) is 25.3. The Kier molecular flexibility index (Phi) is 6.48. The number of piperazine rings is 1. The van der Waals surface area contributed by atoms with E-state index in [1.165, 1.54) is 16.6 Å². The van der Waals surface area contributed by atoms with E-state index in [-0.39, 0.29) is 16.7 Å². The van der Waals surface area contributed by atoms with Crippen LogP contribution in [0.2, 0.25) is 0 Å². The van der Waals surface area contributed by atoms with Gasteiger partial charge >= 0.3 is 0 Å². The molecule has 188 valence electrons. The Morgan fingerprint density at radius 2 is 1.94 bits per heavy atom. The topological polar surface area (TPSA) is 147 Å². The summed E-state index contributed by atoms with van der Waals surface area (Å²) in [6.07, 6.45) is 5.24. The molecule has 12 heteroatoms. The molecule has 0 bridgehead atoms. The molecule has 5 rings (SSSR count). The summed E-state index contributed by atoms with van der Waals surface area (Å²) in [5.74, 6) is -0.353. The first-order valence-corrected chi connectivity index (χ1v) is 13.0. The number of sulfonamides is 1. The maximum atomic E-state index is 13.0. The average Bonchev–Trinajstić information content (AvgIpc) is 3.50. The molecule has 36 heavy (non-hydrogen) atoms. The van der Waals surface area contributed by atoms with Crippen LogP contribution in [0.3, 0.4) is 0 Å². The molecular weight excluding hydrogens is 482 g/mol. The monoisotopic (exact) mass is 509 g/mol. The molecular formula is C24H27N7O4S. The summed E-state index contributed by atoms with van der Waals surface area (Å²) in [5, 5.41) is 14.1. The van der Waals surface area contributed by atoms with Crippen LogP contribution in [0.1, 0.15) is 16.1 Å². The van der Waals surface area contributed by atoms with Crippen LogP contribution in [0, 0.1) is 0 Å². The Morgan fingerprint density at radius 3 is 2.64 bits per heavy atom. The predicted octanol–water partition coefficient (Wildman–Crippen LogP) is 1.57. The summed E-state index contributed by atoms with van der Waals surface area (Å²) in [4.78, 5) is 29.1. The van der Waals surface area contributed by atoms with E-state index in [1.807, 2.05) is 7.05 Å². The smallest absolute Gasteiger partial charge is 0.251 e. The minimum atomic E-state index is -3.65. The number of benzene rings is 1. The van der Waals surface area contributed by atoms with Crippen molar-refractivity contribution in [3.63, 3.8) is 0 Å². The van der Waals surface area contributed by atoms with Crippen LogP contribution in [0.5, 0.6) is 5.88 Å². The van der Waals surface area contributed by atoms with Gasteiger partial charge in [0.25, 0.3) is 5.91 Å². The Balaban J connectivity index is 1.37. The number of nitrogens with one attached hydrogen (secondary N) is 3. The van der Waals surface area contributed by atoms with E-state index in [2.05, 4.69) is 30.2 Å². The van der Waals surface area contributed by atoms with Gasteiger partial charge in [-0.25, -0.2) is 13.4 Å². The minimum absolute atomic E-state index is 0.104. The van der Waals surface area contributed by atoms with Gasteiger partial charge in [0.2, 0.25) is 10.0 Å². The number of carbonyl (C=O) groups is 1. The molecule has 0 radical (unpaired) electrons. The predicted molar refractivity (Wildman–Crippen MR) is 134 cm³/mol. The number of carbonyl (C=O) groups excluding carboxylic acids is 1. The lowest BCUT2D eigenvalue weighted by atomic mass is 10.1. The van der Waals surface area contributed by atoms with Crippen LogP contribution in [-0.2, 0) is 16.4 Å². The number of H-pyrrole nitrogens is 2. The van der Waals surface area contributed by atoms with Gasteiger partial charge in [-0.1, -0.05) is 0 Å². The fraction of sp³-hybridized carbons (Fsp3) is 0.292. The maximum absolute atomic E-state index is 13.0. The number of hydrogen-bond donors (Lipinski definition) is 4. The van der Waals surface area contributed by atoms with E-state index in [0.29, 0.717) is 66.9 Å². The molecule has 4 N–H and O–H groups in total. The second kappa shape index (κ2) is 9.72. The van der Waals surface area contributed by atoms with Gasteiger partial charge in [-0.3, -0.25) is 9.78 Å². The number of hydrogen-bond acceptors (Lipinski definition) is 7. The molecule has 0 unspecified atom stereocenters. The number of aromatic amines is 2. The van der Waals surface area contributed by atoms with E-state index in [4.69, 9.17) is 0 Å². The number of fused-ring (bicyclic) bond motifs is 1. The highest BCUT2D eigenvalue weighted by atomic mass is 32.2. The van der Waals surface area contributed by atoms with Gasteiger partial charge < -0.3 is 25.3 Å². The zero-order valence-corrected chi connectivity index (χ0v) is 20.5. The van der Waals surface area contributed by atoms with Crippen LogP contribution in [-0.4, -0.2) is 88.3 Å². The Labute approximate surface area is 208 Å². The van der Waals surface area contributed by atoms with E-state index < -0.39 is 10.0 Å². The van der Waals surface area contributed by atoms with Crippen molar-refractivity contribution >= 4 is 26.8 Å². The molecule has 0 saturated carbocycles. The van der Waals surface area contributed by atoms with Gasteiger partial charge in [0.15, 0.2) is 5.88 Å². The van der Waals surface area contributed by atoms with Crippen LogP contribution in [0.25, 0.3) is 22.2 Å². The number of aromatic hydroxyl groups is 1. The highest BCUT2D eigenvalue weighted by molar-refractivity contribution is 7.89. The lowest BCUT2D eigenvalue weighted by Crippen LogP contribution is -2.47. The second-order valence-electron chi connectivity index (χ2n) is 8.78. The van der Waals surface area contributed by atoms with Crippen molar-refractivity contribution in [2.75, 3.05) is 39.8 Å². The van der Waals surface area contributed by atoms with Crippen molar-refractivity contribution in [1.29, 1.82) is 0 Å². The highest BCUT2D eigenvalue weighted by Crippen LogP contribution is 2.36. The van der Waals surface area contributed by atoms with Crippen molar-refractivity contribution < 1.29 is 18.3 Å². The summed E-state index contributed by atoms with van der Waals surface area (Å²) in [6, 6.07) is 8.15. The second-order valence-corrected chi connectivity index (χ2v) is 10.7. The van der Waals surface area contributed by atoms with Gasteiger partial charge in [0, 0.05) is 73.7 Å². The molecule has 0 spiro atoms. The summed E-state index contributed by atoms with van der Waals surface area (Å²) < 4.78 is 27.5. The summed E-state index contributed by atoms with van der Waals surface area (Å²) in [6.45, 7) is 2.64. The minimum Gasteiger partial charge on any atom is -0.494 e. The summed E-state index contributed by atoms with van der Waals surface area (Å²) in [7, 11) is -1.69. The maximum Gasteiger partial charge on any atom is 0.251 e. The Hall–Kier alpha value is -3.74. The molecule has 0 atom stereocenters. The molecule has 11 nitrogen and oxygen atoms in total. The number of imidazole rings is 1. The largest absolute Gasteiger partial charge is 0.494 e. The lowest BCUT2D eigenvalue weighted by molar-refractivity contribution is 0.0954. The molecule has 1 aliphatic heterocycles. The van der Waals surface area contributed by atoms with E-state index in [9.17, 15) is 18.3 Å². The molecule has 1 amide bonds. The molecule has 1 fully saturated rings. The molecule has 1 aromatic carbocycles. The van der Waals surface area contributed by atoms with Gasteiger partial charge in [-0.2, -0.15) is 4.31 Å². The van der Waals surface area contributed by atoms with E-state index in [1.54, 1.807) is 36.8 Å². The molecule has 1 saturated heterocycles. The normalized spacial score (nSPS) is 15.4. The van der Waals surface area contributed by atoms with Crippen molar-refractivity contribution in [1.82, 2.24) is 34.5 Å². The lowest BCUT2D eigenvalue weighted by Gasteiger charge is -2.31. The Morgan fingerprint density at radius 1 is 1.14 bits per heavy atom. The SMILES string of the molecule is CN1CCN(S(=O)(=O)c2ccc(-c3c(O)[nH]c4ccc(C(=O)NCCc5cnc[nH]5)cc34)nc2)CC1.